The summed E-state index contributed by atoms with van der Waals surface area (Å²) in [5.41, 5.74) is 9.44. The van der Waals surface area contributed by atoms with Gasteiger partial charge in [-0.05, 0) is 19.9 Å². The minimum Gasteiger partial charge on any atom is -0.320 e. The van der Waals surface area contributed by atoms with Gasteiger partial charge in [0.2, 0.25) is 0 Å². The molecule has 1 unspecified atom stereocenters. The van der Waals surface area contributed by atoms with Crippen molar-refractivity contribution < 1.29 is 4.39 Å². The third-order valence-electron chi connectivity index (χ3n) is 3.09. The first-order valence-corrected chi connectivity index (χ1v) is 5.51. The molecular weight excluding hydrogens is 217 g/mol. The summed E-state index contributed by atoms with van der Waals surface area (Å²) in [6.07, 6.45) is 1.70. The SMILES string of the molecule is Cc1ccc(F)c(C(N)c2cnn(C)c2C)c1. The van der Waals surface area contributed by atoms with Crippen molar-refractivity contribution in [1.82, 2.24) is 9.78 Å². The van der Waals surface area contributed by atoms with Gasteiger partial charge in [0, 0.05) is 23.9 Å². The molecule has 0 amide bonds. The minimum absolute atomic E-state index is 0.272. The lowest BCUT2D eigenvalue weighted by Crippen LogP contribution is -2.14. The van der Waals surface area contributed by atoms with Gasteiger partial charge in [0.1, 0.15) is 5.82 Å². The molecule has 1 heterocycles. The highest BCUT2D eigenvalue weighted by Crippen LogP contribution is 2.25. The van der Waals surface area contributed by atoms with E-state index in [1.807, 2.05) is 20.9 Å². The van der Waals surface area contributed by atoms with Crippen LogP contribution in [-0.4, -0.2) is 9.78 Å². The van der Waals surface area contributed by atoms with Crippen molar-refractivity contribution >= 4 is 0 Å². The molecule has 0 aliphatic carbocycles. The van der Waals surface area contributed by atoms with Crippen LogP contribution in [0.5, 0.6) is 0 Å². The van der Waals surface area contributed by atoms with Gasteiger partial charge in [0.25, 0.3) is 0 Å². The predicted octanol–water partition coefficient (Wildman–Crippen LogP) is 2.22. The number of halogens is 1. The minimum atomic E-state index is -0.469. The van der Waals surface area contributed by atoms with E-state index in [0.717, 1.165) is 16.8 Å². The normalized spacial score (nSPS) is 12.8. The second-order valence-electron chi connectivity index (χ2n) is 4.31. The van der Waals surface area contributed by atoms with E-state index in [1.54, 1.807) is 23.0 Å². The van der Waals surface area contributed by atoms with Gasteiger partial charge in [0.15, 0.2) is 0 Å². The van der Waals surface area contributed by atoms with Crippen LogP contribution >= 0.6 is 0 Å². The van der Waals surface area contributed by atoms with Crippen LogP contribution in [0.1, 0.15) is 28.4 Å². The zero-order chi connectivity index (χ0) is 12.6. The van der Waals surface area contributed by atoms with Crippen molar-refractivity contribution in [2.45, 2.75) is 19.9 Å². The maximum Gasteiger partial charge on any atom is 0.128 e. The van der Waals surface area contributed by atoms with E-state index in [4.69, 9.17) is 5.73 Å². The largest absolute Gasteiger partial charge is 0.320 e. The summed E-state index contributed by atoms with van der Waals surface area (Å²) in [5.74, 6) is -0.272. The second-order valence-corrected chi connectivity index (χ2v) is 4.31. The number of hydrogen-bond acceptors (Lipinski definition) is 2. The number of nitrogens with zero attached hydrogens (tertiary/aromatic N) is 2. The molecule has 1 aromatic carbocycles. The molecule has 1 atom stereocenters. The molecule has 2 aromatic rings. The van der Waals surface area contributed by atoms with Crippen LogP contribution in [0, 0.1) is 19.7 Å². The molecule has 0 fully saturated rings. The molecule has 0 bridgehead atoms. The van der Waals surface area contributed by atoms with Crippen LogP contribution < -0.4 is 5.73 Å². The van der Waals surface area contributed by atoms with Crippen molar-refractivity contribution in [2.75, 3.05) is 0 Å². The number of aromatic nitrogens is 2. The zero-order valence-electron chi connectivity index (χ0n) is 10.2. The van der Waals surface area contributed by atoms with Gasteiger partial charge in [0.05, 0.1) is 12.2 Å². The summed E-state index contributed by atoms with van der Waals surface area (Å²) in [4.78, 5) is 0. The van der Waals surface area contributed by atoms with Crippen molar-refractivity contribution in [3.05, 3.63) is 52.6 Å². The van der Waals surface area contributed by atoms with E-state index in [0.29, 0.717) is 5.56 Å². The molecule has 3 nitrogen and oxygen atoms in total. The summed E-state index contributed by atoms with van der Waals surface area (Å²) in [6.45, 7) is 3.85. The molecule has 2 N–H and O–H groups in total. The maximum atomic E-state index is 13.7. The van der Waals surface area contributed by atoms with E-state index < -0.39 is 6.04 Å². The third-order valence-corrected chi connectivity index (χ3v) is 3.09. The van der Waals surface area contributed by atoms with Crippen LogP contribution in [-0.2, 0) is 7.05 Å². The number of rotatable bonds is 2. The molecule has 90 valence electrons. The molecule has 0 saturated heterocycles. The van der Waals surface area contributed by atoms with Crippen molar-refractivity contribution in [2.24, 2.45) is 12.8 Å². The summed E-state index contributed by atoms with van der Waals surface area (Å²) in [6, 6.07) is 4.51. The standard InChI is InChI=1S/C13H16FN3/c1-8-4-5-12(14)10(6-8)13(15)11-7-16-17(3)9(11)2/h4-7,13H,15H2,1-3H3. The van der Waals surface area contributed by atoms with Gasteiger partial charge < -0.3 is 5.73 Å². The molecule has 0 aliphatic rings. The van der Waals surface area contributed by atoms with Gasteiger partial charge in [-0.2, -0.15) is 5.10 Å². The van der Waals surface area contributed by atoms with Crippen LogP contribution in [0.2, 0.25) is 0 Å². The fourth-order valence-corrected chi connectivity index (χ4v) is 1.89. The molecule has 0 saturated carbocycles. The van der Waals surface area contributed by atoms with E-state index in [1.165, 1.54) is 6.07 Å². The molecule has 4 heteroatoms. The van der Waals surface area contributed by atoms with Gasteiger partial charge >= 0.3 is 0 Å². The Hall–Kier alpha value is -1.68. The lowest BCUT2D eigenvalue weighted by Gasteiger charge is -2.13. The number of aryl methyl sites for hydroxylation is 2. The highest BCUT2D eigenvalue weighted by Gasteiger charge is 2.17. The first-order valence-electron chi connectivity index (χ1n) is 5.51. The first kappa shape index (κ1) is 11.8. The van der Waals surface area contributed by atoms with E-state index in [9.17, 15) is 4.39 Å². The Labute approximate surface area is 100 Å². The smallest absolute Gasteiger partial charge is 0.128 e. The highest BCUT2D eigenvalue weighted by atomic mass is 19.1. The molecular formula is C13H16FN3. The predicted molar refractivity (Wildman–Crippen MR) is 65.1 cm³/mol. The summed E-state index contributed by atoms with van der Waals surface area (Å²) >= 11 is 0. The van der Waals surface area contributed by atoms with Gasteiger partial charge in [-0.25, -0.2) is 4.39 Å². The van der Waals surface area contributed by atoms with E-state index in [-0.39, 0.29) is 5.82 Å². The molecule has 0 radical (unpaired) electrons. The van der Waals surface area contributed by atoms with Crippen LogP contribution in [0.4, 0.5) is 4.39 Å². The Morgan fingerprint density at radius 3 is 2.59 bits per heavy atom. The molecule has 1 aromatic heterocycles. The van der Waals surface area contributed by atoms with Crippen molar-refractivity contribution in [3.8, 4) is 0 Å². The van der Waals surface area contributed by atoms with Crippen LogP contribution in [0.3, 0.4) is 0 Å². The van der Waals surface area contributed by atoms with E-state index in [2.05, 4.69) is 5.10 Å². The summed E-state index contributed by atoms with van der Waals surface area (Å²) in [5, 5.41) is 4.13. The fourth-order valence-electron chi connectivity index (χ4n) is 1.89. The van der Waals surface area contributed by atoms with Gasteiger partial charge in [-0.1, -0.05) is 17.7 Å². The topological polar surface area (TPSA) is 43.8 Å². The second kappa shape index (κ2) is 4.30. The molecule has 0 aliphatic heterocycles. The van der Waals surface area contributed by atoms with E-state index >= 15 is 0 Å². The fraction of sp³-hybridized carbons (Fsp3) is 0.308. The number of benzene rings is 1. The Morgan fingerprint density at radius 2 is 2.00 bits per heavy atom. The van der Waals surface area contributed by atoms with Gasteiger partial charge in [-0.3, -0.25) is 4.68 Å². The average Bonchev–Trinajstić information content (AvgIpc) is 2.62. The third kappa shape index (κ3) is 2.08. The first-order chi connectivity index (χ1) is 8.00. The van der Waals surface area contributed by atoms with Crippen molar-refractivity contribution in [1.29, 1.82) is 0 Å². The Morgan fingerprint density at radius 1 is 1.29 bits per heavy atom. The highest BCUT2D eigenvalue weighted by molar-refractivity contribution is 5.35. The van der Waals surface area contributed by atoms with Crippen LogP contribution in [0.15, 0.2) is 24.4 Å². The van der Waals surface area contributed by atoms with Gasteiger partial charge in [-0.15, -0.1) is 0 Å². The quantitative estimate of drug-likeness (QED) is 0.864. The lowest BCUT2D eigenvalue weighted by molar-refractivity contribution is 0.598. The Kier molecular flexibility index (Phi) is 2.98. The average molecular weight is 233 g/mol. The lowest BCUT2D eigenvalue weighted by atomic mass is 9.98. The summed E-state index contributed by atoms with van der Waals surface area (Å²) in [7, 11) is 1.85. The Bertz CT molecular complexity index is 546. The molecule has 2 rings (SSSR count). The van der Waals surface area contributed by atoms with Crippen molar-refractivity contribution in [3.63, 3.8) is 0 Å². The number of hydrogen-bond donors (Lipinski definition) is 1. The number of nitrogens with two attached hydrogens (primary N) is 1. The maximum absolute atomic E-state index is 13.7. The Balaban J connectivity index is 2.47. The van der Waals surface area contributed by atoms with Crippen LogP contribution in [0.25, 0.3) is 0 Å². The monoisotopic (exact) mass is 233 g/mol. The molecule has 17 heavy (non-hydrogen) atoms. The molecule has 0 spiro atoms. The summed E-state index contributed by atoms with van der Waals surface area (Å²) < 4.78 is 15.5. The zero-order valence-corrected chi connectivity index (χ0v) is 10.2.